The van der Waals surface area contributed by atoms with Gasteiger partial charge < -0.3 is 8.42 Å². The molecule has 45 heavy (non-hydrogen) atoms. The van der Waals surface area contributed by atoms with Crippen molar-refractivity contribution in [2.75, 3.05) is 0 Å². The first-order chi connectivity index (χ1) is 22.1. The van der Waals surface area contributed by atoms with Crippen molar-refractivity contribution in [2.24, 2.45) is 47.3 Å². The van der Waals surface area contributed by atoms with Crippen molar-refractivity contribution in [3.63, 3.8) is 0 Å². The third-order valence-corrected chi connectivity index (χ3v) is 17.1. The fourth-order valence-corrected chi connectivity index (χ4v) is 15.0. The van der Waals surface area contributed by atoms with Gasteiger partial charge in [0.25, 0.3) is 0 Å². The highest BCUT2D eigenvalue weighted by Gasteiger charge is 2.55. The van der Waals surface area contributed by atoms with Crippen LogP contribution in [0.2, 0.25) is 5.54 Å². The molecule has 4 saturated carbocycles. The Bertz CT molecular complexity index is 1100. The summed E-state index contributed by atoms with van der Waals surface area (Å²) in [5, 5.41) is 33.4. The molecule has 13 heteroatoms. The first kappa shape index (κ1) is 31.0. The maximum Gasteiger partial charge on any atom is 0.186 e. The van der Waals surface area contributed by atoms with Gasteiger partial charge in [-0.05, 0) is 97.8 Å². The topological polar surface area (TPSA) is 146 Å². The first-order valence-corrected chi connectivity index (χ1v) is 21.3. The zero-order valence-electron chi connectivity index (χ0n) is 26.8. The second-order valence-corrected chi connectivity index (χ2v) is 19.1. The summed E-state index contributed by atoms with van der Waals surface area (Å²) < 4.78 is 28.4. The number of hydrogen-bond donors (Lipinski definition) is 8. The third-order valence-electron chi connectivity index (χ3n) is 14.4. The molecule has 4 aliphatic carbocycles. The van der Waals surface area contributed by atoms with Gasteiger partial charge in [-0.1, -0.05) is 51.4 Å². The van der Waals surface area contributed by atoms with E-state index in [1.54, 1.807) is 0 Å². The summed E-state index contributed by atoms with van der Waals surface area (Å²) in [4.78, 5) is 0. The molecule has 9 aliphatic rings. The summed E-state index contributed by atoms with van der Waals surface area (Å²) in [6.07, 6.45) is 21.5. The fraction of sp³-hybridized carbons (Fsp3) is 1.00. The summed E-state index contributed by atoms with van der Waals surface area (Å²) in [5.41, 5.74) is 0.356. The van der Waals surface area contributed by atoms with E-state index in [1.807, 2.05) is 0 Å². The molecule has 0 aromatic rings. The average molecular weight is 662 g/mol. The van der Waals surface area contributed by atoms with Gasteiger partial charge in [-0.3, -0.25) is 42.5 Å². The largest absolute Gasteiger partial charge is 0.750 e. The molecule has 5 aliphatic heterocycles. The van der Waals surface area contributed by atoms with E-state index in [1.165, 1.54) is 83.5 Å². The molecule has 0 radical (unpaired) electrons. The number of rotatable bonds is 3. The van der Waals surface area contributed by atoms with Crippen LogP contribution in [0.5, 0.6) is 0 Å². The highest BCUT2D eigenvalue weighted by atomic mass is 32.2. The van der Waals surface area contributed by atoms with E-state index < -0.39 is 21.1 Å². The summed E-state index contributed by atoms with van der Waals surface area (Å²) in [5.74, 6) is 4.77. The second-order valence-electron chi connectivity index (χ2n) is 16.4. The molecule has 5 heterocycles. The predicted molar refractivity (Wildman–Crippen MR) is 175 cm³/mol. The maximum absolute atomic E-state index is 11.5. The van der Waals surface area contributed by atoms with Crippen molar-refractivity contribution in [2.45, 2.75) is 151 Å². The molecule has 9 rings (SSSR count). The summed E-state index contributed by atoms with van der Waals surface area (Å²) in [6, 6.07) is 0. The van der Waals surface area contributed by atoms with Crippen molar-refractivity contribution in [1.82, 2.24) is 42.5 Å². The van der Waals surface area contributed by atoms with E-state index in [4.69, 9.17) is 3.87 Å². The molecular formula is C32H57N8O3SSi-. The van der Waals surface area contributed by atoms with Gasteiger partial charge in [0.1, 0.15) is 0 Å². The highest BCUT2D eigenvalue weighted by molar-refractivity contribution is 7.74. The normalized spacial score (nSPS) is 55.2. The third kappa shape index (κ3) is 5.76. The fourth-order valence-electron chi connectivity index (χ4n) is 12.5. The molecule has 0 aromatic heterocycles. The lowest BCUT2D eigenvalue weighted by Gasteiger charge is -2.39. The van der Waals surface area contributed by atoms with Crippen molar-refractivity contribution < 1.29 is 12.6 Å². The van der Waals surface area contributed by atoms with Gasteiger partial charge in [-0.15, -0.1) is 0 Å². The van der Waals surface area contributed by atoms with E-state index in [9.17, 15) is 8.76 Å². The highest BCUT2D eigenvalue weighted by Crippen LogP contribution is 2.48. The van der Waals surface area contributed by atoms with Crippen LogP contribution in [-0.2, 0) is 15.2 Å². The van der Waals surface area contributed by atoms with Crippen LogP contribution >= 0.6 is 0 Å². The van der Waals surface area contributed by atoms with Crippen LogP contribution in [-0.4, -0.2) is 67.9 Å². The zero-order chi connectivity index (χ0) is 30.1. The summed E-state index contributed by atoms with van der Waals surface area (Å²) in [7, 11) is -1.21. The monoisotopic (exact) mass is 661 g/mol. The average Bonchev–Trinajstić information content (AvgIpc) is 3.79. The van der Waals surface area contributed by atoms with E-state index in [0.717, 1.165) is 12.8 Å². The molecule has 0 spiro atoms. The van der Waals surface area contributed by atoms with Gasteiger partial charge in [0.15, 0.2) is 9.76 Å². The molecular weight excluding hydrogens is 605 g/mol. The minimum Gasteiger partial charge on any atom is -0.750 e. The van der Waals surface area contributed by atoms with Crippen molar-refractivity contribution in [1.29, 1.82) is 0 Å². The molecule has 8 bridgehead atoms. The quantitative estimate of drug-likeness (QED) is 0.161. The smallest absolute Gasteiger partial charge is 0.186 e. The lowest BCUT2D eigenvalue weighted by Crippen LogP contribution is -2.61. The lowest BCUT2D eigenvalue weighted by atomic mass is 9.76. The lowest BCUT2D eigenvalue weighted by molar-refractivity contribution is 0.166. The second kappa shape index (κ2) is 13.0. The van der Waals surface area contributed by atoms with Gasteiger partial charge >= 0.3 is 0 Å². The summed E-state index contributed by atoms with van der Waals surface area (Å²) in [6.45, 7) is 0. The van der Waals surface area contributed by atoms with E-state index in [2.05, 4.69) is 42.5 Å². The number of nitrogens with one attached hydrogen (secondary N) is 8. The predicted octanol–water partition coefficient (Wildman–Crippen LogP) is 0.899. The maximum atomic E-state index is 11.5. The Morgan fingerprint density at radius 3 is 1.11 bits per heavy atom. The molecule has 11 nitrogen and oxygen atoms in total. The van der Waals surface area contributed by atoms with E-state index >= 15 is 0 Å². The van der Waals surface area contributed by atoms with Crippen molar-refractivity contribution in [3.8, 4) is 0 Å². The Labute approximate surface area is 274 Å². The van der Waals surface area contributed by atoms with Crippen LogP contribution in [0.3, 0.4) is 0 Å². The van der Waals surface area contributed by atoms with Crippen LogP contribution in [0.15, 0.2) is 0 Å². The van der Waals surface area contributed by atoms with Crippen LogP contribution in [0, 0.1) is 47.3 Å². The van der Waals surface area contributed by atoms with Crippen molar-refractivity contribution in [3.05, 3.63) is 0 Å². The zero-order valence-corrected chi connectivity index (χ0v) is 29.0. The van der Waals surface area contributed by atoms with Crippen LogP contribution in [0.1, 0.15) is 96.3 Å². The van der Waals surface area contributed by atoms with Crippen molar-refractivity contribution >= 4 is 21.1 Å². The standard InChI is InChI=1S/C32H58N8O3SSi/c41-44(42)43-45-23-15-7-14-22-24(23)32-39-30-21-13-6-5-12-20(21)28(37-30)35-26-17-9-2-1-8-16(17)25(33-26)34-27-18-10-3-4-11-19(18)29(36-27)38-31(22)40-32/h16-40H,1-15,45H2,(H,41,42)/p-1. The Hall–Kier alpha value is -0.0331. The Morgan fingerprint density at radius 2 is 0.756 bits per heavy atom. The van der Waals surface area contributed by atoms with Crippen LogP contribution in [0.25, 0.3) is 0 Å². The molecule has 18 unspecified atom stereocenters. The van der Waals surface area contributed by atoms with Gasteiger partial charge in [0.2, 0.25) is 0 Å². The molecule has 0 amide bonds. The van der Waals surface area contributed by atoms with Gasteiger partial charge in [0, 0.05) is 0 Å². The Kier molecular flexibility index (Phi) is 8.96. The number of fused-ring (bicyclic) bond motifs is 20. The molecule has 0 aromatic carbocycles. The molecule has 9 fully saturated rings. The van der Waals surface area contributed by atoms with E-state index in [0.29, 0.717) is 77.5 Å². The van der Waals surface area contributed by atoms with Crippen LogP contribution in [0.4, 0.5) is 0 Å². The van der Waals surface area contributed by atoms with Gasteiger partial charge in [-0.25, -0.2) is 4.21 Å². The molecule has 18 atom stereocenters. The SMILES string of the molecule is O=S([O-])O[SiH2]C1CCCC2C3NC4NC(NC5NC(NC6NC(NC(N3)C12)C1CCCCC61)C1CCCCC51)C1CCCCC41. The van der Waals surface area contributed by atoms with Crippen LogP contribution < -0.4 is 42.5 Å². The molecule has 5 saturated heterocycles. The molecule has 254 valence electrons. The first-order valence-electron chi connectivity index (χ1n) is 18.9. The van der Waals surface area contributed by atoms with Gasteiger partial charge in [-0.2, -0.15) is 0 Å². The van der Waals surface area contributed by atoms with Gasteiger partial charge in [0.05, 0.1) is 60.7 Å². The Balaban J connectivity index is 1.05. The summed E-state index contributed by atoms with van der Waals surface area (Å²) >= 11 is -2.41. The number of hydrogen-bond acceptors (Lipinski definition) is 11. The Morgan fingerprint density at radius 1 is 0.444 bits per heavy atom. The minimum atomic E-state index is -2.41. The van der Waals surface area contributed by atoms with E-state index in [-0.39, 0.29) is 24.7 Å². The molecule has 8 N–H and O–H groups in total. The minimum absolute atomic E-state index is 0.148.